The molecular formula is C53H33N3O. The first-order valence-electron chi connectivity index (χ1n) is 19.2. The van der Waals surface area contributed by atoms with Crippen molar-refractivity contribution in [2.75, 3.05) is 0 Å². The Morgan fingerprint density at radius 2 is 0.807 bits per heavy atom. The fourth-order valence-electron chi connectivity index (χ4n) is 8.14. The van der Waals surface area contributed by atoms with Crippen molar-refractivity contribution in [2.24, 2.45) is 0 Å². The van der Waals surface area contributed by atoms with E-state index in [4.69, 9.17) is 19.4 Å². The standard InChI is InChI=1S/C53H33N3O/c1-3-14-34(15-4-1)43-23-11-12-24-45(43)53-55-51(37-17-5-2-6-18-37)54-52(56-53)38-28-26-36(27-29-38)46-31-41(44-25-13-21-35-16-9-10-22-42(35)44)33-49-50(46)47-30-39-19-7-8-20-40(39)32-48(47)57-49/h1-33H. The molecule has 0 radical (unpaired) electrons. The Morgan fingerprint density at radius 3 is 1.56 bits per heavy atom. The van der Waals surface area contributed by atoms with Crippen LogP contribution in [0.3, 0.4) is 0 Å². The number of benzene rings is 9. The maximum atomic E-state index is 6.72. The van der Waals surface area contributed by atoms with Gasteiger partial charge < -0.3 is 4.42 Å². The Kier molecular flexibility index (Phi) is 7.78. The average molecular weight is 728 g/mol. The molecule has 0 saturated heterocycles. The van der Waals surface area contributed by atoms with Gasteiger partial charge >= 0.3 is 0 Å². The van der Waals surface area contributed by atoms with Gasteiger partial charge in [-0.05, 0) is 79.2 Å². The van der Waals surface area contributed by atoms with Crippen LogP contribution in [0.25, 0.3) is 111 Å². The molecule has 9 aromatic carbocycles. The van der Waals surface area contributed by atoms with E-state index in [1.165, 1.54) is 21.7 Å². The molecule has 11 rings (SSSR count). The molecular weight excluding hydrogens is 695 g/mol. The molecule has 2 heterocycles. The molecule has 0 amide bonds. The zero-order chi connectivity index (χ0) is 37.7. The zero-order valence-corrected chi connectivity index (χ0v) is 30.8. The van der Waals surface area contributed by atoms with Crippen LogP contribution in [0.15, 0.2) is 205 Å². The van der Waals surface area contributed by atoms with Gasteiger partial charge in [0, 0.05) is 27.5 Å². The molecule has 11 aromatic rings. The predicted octanol–water partition coefficient (Wildman–Crippen LogP) is 14.1. The summed E-state index contributed by atoms with van der Waals surface area (Å²) in [5, 5.41) is 6.94. The van der Waals surface area contributed by atoms with E-state index in [1.807, 2.05) is 42.5 Å². The van der Waals surface area contributed by atoms with Gasteiger partial charge in [-0.1, -0.05) is 176 Å². The molecule has 0 spiro atoms. The molecule has 0 saturated carbocycles. The van der Waals surface area contributed by atoms with Crippen LogP contribution in [-0.2, 0) is 0 Å². The van der Waals surface area contributed by atoms with Crippen LogP contribution in [0.2, 0.25) is 0 Å². The van der Waals surface area contributed by atoms with Crippen molar-refractivity contribution >= 4 is 43.5 Å². The second kappa shape index (κ2) is 13.6. The van der Waals surface area contributed by atoms with Gasteiger partial charge in [0.25, 0.3) is 0 Å². The highest BCUT2D eigenvalue weighted by Crippen LogP contribution is 2.43. The van der Waals surface area contributed by atoms with E-state index >= 15 is 0 Å². The lowest BCUT2D eigenvalue weighted by Crippen LogP contribution is -2.01. The quantitative estimate of drug-likeness (QED) is 0.171. The lowest BCUT2D eigenvalue weighted by atomic mass is 9.91. The summed E-state index contributed by atoms with van der Waals surface area (Å²) in [7, 11) is 0. The third kappa shape index (κ3) is 5.83. The van der Waals surface area contributed by atoms with Crippen LogP contribution < -0.4 is 0 Å². The molecule has 0 fully saturated rings. The van der Waals surface area contributed by atoms with Crippen LogP contribution in [0, 0.1) is 0 Å². The molecule has 4 heteroatoms. The van der Waals surface area contributed by atoms with Gasteiger partial charge in [0.1, 0.15) is 11.2 Å². The van der Waals surface area contributed by atoms with E-state index in [9.17, 15) is 0 Å². The molecule has 57 heavy (non-hydrogen) atoms. The zero-order valence-electron chi connectivity index (χ0n) is 30.8. The van der Waals surface area contributed by atoms with Crippen LogP contribution in [-0.4, -0.2) is 15.0 Å². The van der Waals surface area contributed by atoms with Gasteiger partial charge in [-0.3, -0.25) is 0 Å². The number of rotatable bonds is 6. The van der Waals surface area contributed by atoms with Crippen LogP contribution >= 0.6 is 0 Å². The highest BCUT2D eigenvalue weighted by atomic mass is 16.3. The van der Waals surface area contributed by atoms with Gasteiger partial charge in [0.15, 0.2) is 17.5 Å². The van der Waals surface area contributed by atoms with E-state index < -0.39 is 0 Å². The van der Waals surface area contributed by atoms with E-state index in [0.717, 1.165) is 71.8 Å². The first-order valence-corrected chi connectivity index (χ1v) is 19.2. The summed E-state index contributed by atoms with van der Waals surface area (Å²) in [5.41, 5.74) is 11.2. The van der Waals surface area contributed by atoms with Crippen molar-refractivity contribution in [3.05, 3.63) is 200 Å². The van der Waals surface area contributed by atoms with Gasteiger partial charge in [-0.25, -0.2) is 15.0 Å². The van der Waals surface area contributed by atoms with Gasteiger partial charge in [0.2, 0.25) is 0 Å². The monoisotopic (exact) mass is 727 g/mol. The number of hydrogen-bond acceptors (Lipinski definition) is 4. The highest BCUT2D eigenvalue weighted by molar-refractivity contribution is 6.17. The molecule has 0 atom stereocenters. The number of nitrogens with zero attached hydrogens (tertiary/aromatic N) is 3. The Hall–Kier alpha value is -7.69. The number of aromatic nitrogens is 3. The fourth-order valence-corrected chi connectivity index (χ4v) is 8.14. The number of hydrogen-bond donors (Lipinski definition) is 0. The number of furan rings is 1. The normalized spacial score (nSPS) is 11.5. The van der Waals surface area contributed by atoms with E-state index in [1.54, 1.807) is 0 Å². The van der Waals surface area contributed by atoms with Crippen molar-refractivity contribution in [1.29, 1.82) is 0 Å². The first kappa shape index (κ1) is 32.7. The van der Waals surface area contributed by atoms with Gasteiger partial charge in [-0.2, -0.15) is 0 Å². The van der Waals surface area contributed by atoms with E-state index in [2.05, 4.69) is 158 Å². The first-order chi connectivity index (χ1) is 28.2. The smallest absolute Gasteiger partial charge is 0.164 e. The van der Waals surface area contributed by atoms with Crippen molar-refractivity contribution in [3.8, 4) is 67.5 Å². The van der Waals surface area contributed by atoms with E-state index in [0.29, 0.717) is 17.5 Å². The van der Waals surface area contributed by atoms with Crippen molar-refractivity contribution in [1.82, 2.24) is 15.0 Å². The SMILES string of the molecule is c1ccc(-c2nc(-c3ccc(-c4cc(-c5cccc6ccccc56)cc5oc6cc7ccccc7cc6c45)cc3)nc(-c3ccccc3-c3ccccc3)n2)cc1. The molecule has 2 aromatic heterocycles. The molecule has 0 N–H and O–H groups in total. The van der Waals surface area contributed by atoms with Crippen molar-refractivity contribution in [2.45, 2.75) is 0 Å². The lowest BCUT2D eigenvalue weighted by molar-refractivity contribution is 0.669. The summed E-state index contributed by atoms with van der Waals surface area (Å²) in [5.74, 6) is 1.87. The summed E-state index contributed by atoms with van der Waals surface area (Å²) >= 11 is 0. The molecule has 0 aliphatic carbocycles. The second-order valence-corrected chi connectivity index (χ2v) is 14.4. The second-order valence-electron chi connectivity index (χ2n) is 14.4. The fraction of sp³-hybridized carbons (Fsp3) is 0. The summed E-state index contributed by atoms with van der Waals surface area (Å²) in [4.78, 5) is 15.3. The maximum Gasteiger partial charge on any atom is 0.164 e. The summed E-state index contributed by atoms with van der Waals surface area (Å²) < 4.78 is 6.72. The average Bonchev–Trinajstić information content (AvgIpc) is 3.65. The minimum absolute atomic E-state index is 0.614. The Bertz CT molecular complexity index is 3270. The summed E-state index contributed by atoms with van der Waals surface area (Å²) in [6, 6.07) is 69.9. The molecule has 4 nitrogen and oxygen atoms in total. The van der Waals surface area contributed by atoms with Crippen molar-refractivity contribution in [3.63, 3.8) is 0 Å². The molecule has 0 aliphatic rings. The van der Waals surface area contributed by atoms with Gasteiger partial charge in [0.05, 0.1) is 0 Å². The Morgan fingerprint density at radius 1 is 0.281 bits per heavy atom. The van der Waals surface area contributed by atoms with Crippen LogP contribution in [0.5, 0.6) is 0 Å². The minimum Gasteiger partial charge on any atom is -0.456 e. The minimum atomic E-state index is 0.614. The van der Waals surface area contributed by atoms with Crippen LogP contribution in [0.4, 0.5) is 0 Å². The van der Waals surface area contributed by atoms with Gasteiger partial charge in [-0.15, -0.1) is 0 Å². The summed E-state index contributed by atoms with van der Waals surface area (Å²) in [6.07, 6.45) is 0. The molecule has 0 aliphatic heterocycles. The Labute approximate surface area is 329 Å². The molecule has 0 unspecified atom stereocenters. The number of fused-ring (bicyclic) bond motifs is 5. The lowest BCUT2D eigenvalue weighted by Gasteiger charge is -2.13. The van der Waals surface area contributed by atoms with E-state index in [-0.39, 0.29) is 0 Å². The topological polar surface area (TPSA) is 51.8 Å². The van der Waals surface area contributed by atoms with Crippen molar-refractivity contribution < 1.29 is 4.42 Å². The molecule has 266 valence electrons. The highest BCUT2D eigenvalue weighted by Gasteiger charge is 2.19. The third-order valence-electron chi connectivity index (χ3n) is 10.9. The molecule has 0 bridgehead atoms. The predicted molar refractivity (Wildman–Crippen MR) is 235 cm³/mol. The van der Waals surface area contributed by atoms with Crippen LogP contribution in [0.1, 0.15) is 0 Å². The maximum absolute atomic E-state index is 6.72. The third-order valence-corrected chi connectivity index (χ3v) is 10.9. The summed E-state index contributed by atoms with van der Waals surface area (Å²) in [6.45, 7) is 0. The Balaban J connectivity index is 1.09. The largest absolute Gasteiger partial charge is 0.456 e.